The first-order valence-corrected chi connectivity index (χ1v) is 9.62. The van der Waals surface area contributed by atoms with E-state index in [1.54, 1.807) is 69.3 Å². The lowest BCUT2D eigenvalue weighted by Gasteiger charge is -2.30. The van der Waals surface area contributed by atoms with Gasteiger partial charge in [0, 0.05) is 5.70 Å². The maximum absolute atomic E-state index is 12.6. The summed E-state index contributed by atoms with van der Waals surface area (Å²) in [6.45, 7) is 5.38. The summed E-state index contributed by atoms with van der Waals surface area (Å²) < 4.78 is 10.8. The Labute approximate surface area is 174 Å². The summed E-state index contributed by atoms with van der Waals surface area (Å²) >= 11 is 5.25. The van der Waals surface area contributed by atoms with Gasteiger partial charge >= 0.3 is 11.9 Å². The molecule has 1 unspecified atom stereocenters. The molecule has 2 aromatic carbocycles. The second-order valence-electron chi connectivity index (χ2n) is 6.85. The van der Waals surface area contributed by atoms with Gasteiger partial charge in [-0.25, -0.2) is 9.59 Å². The number of carbonyl (C=O) groups excluding carboxylic acids is 2. The average Bonchev–Trinajstić information content (AvgIpc) is 2.68. The highest BCUT2D eigenvalue weighted by atomic mass is 32.1. The molecule has 0 aliphatic carbocycles. The van der Waals surface area contributed by atoms with E-state index >= 15 is 0 Å². The highest BCUT2D eigenvalue weighted by Crippen LogP contribution is 2.29. The normalized spacial score (nSPS) is 16.1. The van der Waals surface area contributed by atoms with Crippen LogP contribution in [0.3, 0.4) is 0 Å². The topological polar surface area (TPSA) is 76.7 Å². The van der Waals surface area contributed by atoms with E-state index in [0.717, 1.165) is 5.56 Å². The van der Waals surface area contributed by atoms with E-state index in [1.165, 1.54) is 0 Å². The van der Waals surface area contributed by atoms with Crippen molar-refractivity contribution in [3.8, 4) is 5.75 Å². The Morgan fingerprint density at radius 2 is 1.66 bits per heavy atom. The number of rotatable bonds is 5. The molecule has 0 spiro atoms. The molecule has 0 saturated heterocycles. The van der Waals surface area contributed by atoms with Crippen LogP contribution < -0.4 is 15.4 Å². The molecule has 0 aromatic heterocycles. The lowest BCUT2D eigenvalue weighted by atomic mass is 9.95. The highest BCUT2D eigenvalue weighted by molar-refractivity contribution is 7.80. The average molecular weight is 410 g/mol. The van der Waals surface area contributed by atoms with Gasteiger partial charge in [-0.15, -0.1) is 0 Å². The van der Waals surface area contributed by atoms with Crippen LogP contribution in [0.2, 0.25) is 0 Å². The third-order valence-electron chi connectivity index (χ3n) is 4.27. The zero-order valence-electron chi connectivity index (χ0n) is 16.4. The number of ether oxygens (including phenoxy) is 2. The number of benzene rings is 2. The molecule has 0 amide bonds. The Morgan fingerprint density at radius 1 is 1.00 bits per heavy atom. The summed E-state index contributed by atoms with van der Waals surface area (Å²) in [7, 11) is 0. The molecule has 1 aliphatic heterocycles. The third-order valence-corrected chi connectivity index (χ3v) is 4.49. The van der Waals surface area contributed by atoms with Crippen LogP contribution in [0.4, 0.5) is 0 Å². The van der Waals surface area contributed by atoms with Crippen LogP contribution in [0.5, 0.6) is 5.75 Å². The van der Waals surface area contributed by atoms with Crippen molar-refractivity contribution in [2.45, 2.75) is 32.9 Å². The monoisotopic (exact) mass is 410 g/mol. The fourth-order valence-corrected chi connectivity index (χ4v) is 3.23. The molecule has 0 radical (unpaired) electrons. The van der Waals surface area contributed by atoms with Gasteiger partial charge in [-0.2, -0.15) is 0 Å². The second-order valence-corrected chi connectivity index (χ2v) is 7.26. The summed E-state index contributed by atoms with van der Waals surface area (Å²) in [5.74, 6) is -0.438. The quantitative estimate of drug-likeness (QED) is 0.443. The van der Waals surface area contributed by atoms with Crippen molar-refractivity contribution < 1.29 is 19.1 Å². The lowest BCUT2D eigenvalue weighted by molar-refractivity contribution is -0.143. The lowest BCUT2D eigenvalue weighted by Crippen LogP contribution is -2.45. The van der Waals surface area contributed by atoms with Crippen LogP contribution in [0, 0.1) is 0 Å². The predicted octanol–water partition coefficient (Wildman–Crippen LogP) is 3.65. The Morgan fingerprint density at radius 3 is 2.28 bits per heavy atom. The van der Waals surface area contributed by atoms with Gasteiger partial charge in [0.15, 0.2) is 5.11 Å². The minimum atomic E-state index is -0.464. The van der Waals surface area contributed by atoms with E-state index in [1.807, 2.05) is 6.07 Å². The van der Waals surface area contributed by atoms with Crippen LogP contribution in [0.1, 0.15) is 42.7 Å². The van der Waals surface area contributed by atoms with Crippen molar-refractivity contribution >= 4 is 29.3 Å². The first-order chi connectivity index (χ1) is 13.8. The van der Waals surface area contributed by atoms with E-state index in [0.29, 0.717) is 27.7 Å². The summed E-state index contributed by atoms with van der Waals surface area (Å²) in [6, 6.07) is 15.2. The molecular weight excluding hydrogens is 388 g/mol. The summed E-state index contributed by atoms with van der Waals surface area (Å²) in [4.78, 5) is 24.8. The zero-order valence-corrected chi connectivity index (χ0v) is 17.2. The SMILES string of the molecule is CC1=C(C(=O)OC(C)C)C(c2ccc(OC(=O)c3ccccc3)cc2)NC(=S)N1. The van der Waals surface area contributed by atoms with E-state index in [2.05, 4.69) is 10.6 Å². The van der Waals surface area contributed by atoms with Crippen LogP contribution >= 0.6 is 12.2 Å². The van der Waals surface area contributed by atoms with Gasteiger partial charge in [-0.1, -0.05) is 30.3 Å². The number of thiocarbonyl (C=S) groups is 1. The van der Waals surface area contributed by atoms with Crippen molar-refractivity contribution in [2.24, 2.45) is 0 Å². The minimum absolute atomic E-state index is 0.239. The number of hydrogen-bond acceptors (Lipinski definition) is 5. The van der Waals surface area contributed by atoms with Crippen LogP contribution in [0.15, 0.2) is 65.9 Å². The zero-order chi connectivity index (χ0) is 21.0. The van der Waals surface area contributed by atoms with Gasteiger partial charge < -0.3 is 20.1 Å². The fourth-order valence-electron chi connectivity index (χ4n) is 2.96. The summed E-state index contributed by atoms with van der Waals surface area (Å²) in [6.07, 6.45) is -0.239. The molecule has 29 heavy (non-hydrogen) atoms. The minimum Gasteiger partial charge on any atom is -0.459 e. The molecule has 7 heteroatoms. The fraction of sp³-hybridized carbons (Fsp3) is 0.227. The van der Waals surface area contributed by atoms with E-state index in [4.69, 9.17) is 21.7 Å². The van der Waals surface area contributed by atoms with Gasteiger partial charge in [0.2, 0.25) is 0 Å². The standard InChI is InChI=1S/C22H22N2O4S/c1-13(2)27-21(26)18-14(3)23-22(29)24-19(18)15-9-11-17(12-10-15)28-20(25)16-7-5-4-6-8-16/h4-13,19H,1-3H3,(H2,23,24,29). The van der Waals surface area contributed by atoms with E-state index in [-0.39, 0.29) is 6.10 Å². The Hall–Kier alpha value is -3.19. The second kappa shape index (κ2) is 8.87. The predicted molar refractivity (Wildman–Crippen MR) is 113 cm³/mol. The number of hydrogen-bond donors (Lipinski definition) is 2. The summed E-state index contributed by atoms with van der Waals surface area (Å²) in [5, 5.41) is 6.50. The molecule has 0 fully saturated rings. The van der Waals surface area contributed by atoms with Gasteiger partial charge in [-0.3, -0.25) is 0 Å². The molecule has 1 aliphatic rings. The Bertz CT molecular complexity index is 953. The number of carbonyl (C=O) groups is 2. The smallest absolute Gasteiger partial charge is 0.343 e. The Balaban J connectivity index is 1.81. The molecule has 1 heterocycles. The molecule has 1 atom stereocenters. The maximum atomic E-state index is 12.6. The molecular formula is C22H22N2O4S. The molecule has 2 N–H and O–H groups in total. The van der Waals surface area contributed by atoms with Crippen LogP contribution in [-0.2, 0) is 9.53 Å². The van der Waals surface area contributed by atoms with Crippen molar-refractivity contribution in [1.29, 1.82) is 0 Å². The first kappa shape index (κ1) is 20.5. The van der Waals surface area contributed by atoms with Gasteiger partial charge in [0.05, 0.1) is 23.3 Å². The molecule has 0 bridgehead atoms. The van der Waals surface area contributed by atoms with Gasteiger partial charge in [0.1, 0.15) is 5.75 Å². The van der Waals surface area contributed by atoms with E-state index in [9.17, 15) is 9.59 Å². The van der Waals surface area contributed by atoms with Crippen molar-refractivity contribution in [1.82, 2.24) is 10.6 Å². The van der Waals surface area contributed by atoms with Crippen molar-refractivity contribution in [2.75, 3.05) is 0 Å². The van der Waals surface area contributed by atoms with Gasteiger partial charge in [-0.05, 0) is 62.8 Å². The molecule has 6 nitrogen and oxygen atoms in total. The number of nitrogens with one attached hydrogen (secondary N) is 2. The summed E-state index contributed by atoms with van der Waals surface area (Å²) in [5.41, 5.74) is 2.37. The van der Waals surface area contributed by atoms with E-state index < -0.39 is 18.0 Å². The number of allylic oxidation sites excluding steroid dienone is 1. The molecule has 2 aromatic rings. The Kier molecular flexibility index (Phi) is 6.29. The largest absolute Gasteiger partial charge is 0.459 e. The number of esters is 2. The third kappa shape index (κ3) is 5.00. The van der Waals surface area contributed by atoms with Gasteiger partial charge in [0.25, 0.3) is 0 Å². The van der Waals surface area contributed by atoms with Crippen LogP contribution in [0.25, 0.3) is 0 Å². The van der Waals surface area contributed by atoms with Crippen LogP contribution in [-0.4, -0.2) is 23.2 Å². The van der Waals surface area contributed by atoms with Crippen molar-refractivity contribution in [3.05, 3.63) is 77.0 Å². The first-order valence-electron chi connectivity index (χ1n) is 9.21. The highest BCUT2D eigenvalue weighted by Gasteiger charge is 2.31. The molecule has 3 rings (SSSR count). The molecule has 150 valence electrons. The maximum Gasteiger partial charge on any atom is 0.343 e. The molecule has 0 saturated carbocycles. The van der Waals surface area contributed by atoms with Crippen molar-refractivity contribution in [3.63, 3.8) is 0 Å².